The zero-order chi connectivity index (χ0) is 15.1. The lowest BCUT2D eigenvalue weighted by molar-refractivity contribution is 0.336. The molecule has 1 saturated carbocycles. The highest BCUT2D eigenvalue weighted by atomic mass is 32.2. The van der Waals surface area contributed by atoms with Crippen molar-refractivity contribution in [2.24, 2.45) is 11.8 Å². The molecule has 3 nitrogen and oxygen atoms in total. The largest absolute Gasteiger partial charge is 0.243 e. The molecule has 1 aromatic carbocycles. The second-order valence-electron chi connectivity index (χ2n) is 5.75. The van der Waals surface area contributed by atoms with Gasteiger partial charge in [0.25, 0.3) is 0 Å². The van der Waals surface area contributed by atoms with Crippen LogP contribution >= 0.6 is 0 Å². The van der Waals surface area contributed by atoms with Gasteiger partial charge in [0, 0.05) is 18.7 Å². The van der Waals surface area contributed by atoms with Crippen LogP contribution in [0.1, 0.15) is 27.2 Å². The third kappa shape index (κ3) is 3.17. The normalized spacial score (nSPS) is 22.6. The first-order valence-electron chi connectivity index (χ1n) is 6.69. The van der Waals surface area contributed by atoms with Gasteiger partial charge in [0.15, 0.2) is 0 Å². The average molecular weight is 303 g/mol. The first-order chi connectivity index (χ1) is 9.21. The molecule has 0 heterocycles. The zero-order valence-electron chi connectivity index (χ0n) is 11.8. The molecule has 2 atom stereocenters. The number of halogens is 2. The van der Waals surface area contributed by atoms with Crippen LogP contribution in [0.2, 0.25) is 0 Å². The Kier molecular flexibility index (Phi) is 4.16. The van der Waals surface area contributed by atoms with Crippen LogP contribution in [0.4, 0.5) is 8.78 Å². The van der Waals surface area contributed by atoms with Gasteiger partial charge < -0.3 is 0 Å². The molecule has 1 aromatic rings. The molecule has 0 aromatic heterocycles. The van der Waals surface area contributed by atoms with Gasteiger partial charge in [0.05, 0.1) is 4.90 Å². The molecule has 0 spiro atoms. The summed E-state index contributed by atoms with van der Waals surface area (Å²) in [6.07, 6.45) is 0.996. The lowest BCUT2D eigenvalue weighted by Crippen LogP contribution is -2.38. The molecule has 6 heteroatoms. The number of sulfonamides is 1. The van der Waals surface area contributed by atoms with E-state index in [4.69, 9.17) is 0 Å². The zero-order valence-corrected chi connectivity index (χ0v) is 12.6. The van der Waals surface area contributed by atoms with E-state index in [0.29, 0.717) is 24.4 Å². The Morgan fingerprint density at radius 3 is 2.15 bits per heavy atom. The Labute approximate surface area is 118 Å². The van der Waals surface area contributed by atoms with E-state index < -0.39 is 21.7 Å². The van der Waals surface area contributed by atoms with E-state index in [2.05, 4.69) is 6.92 Å². The van der Waals surface area contributed by atoms with Crippen LogP contribution in [0.15, 0.2) is 23.1 Å². The molecule has 2 rings (SSSR count). The molecule has 0 amide bonds. The molecule has 1 fully saturated rings. The molecule has 0 radical (unpaired) electrons. The molecule has 0 saturated heterocycles. The predicted molar refractivity (Wildman–Crippen MR) is 72.7 cm³/mol. The van der Waals surface area contributed by atoms with Crippen LogP contribution < -0.4 is 0 Å². The standard InChI is InChI=1S/C14H19F2NO2S/c1-9(2)17(8-11-4-10(11)3)20(18,19)14-6-12(15)5-13(16)7-14/h5-7,9-11H,4,8H2,1-3H3/t10-,11-/m1/s1. The summed E-state index contributed by atoms with van der Waals surface area (Å²) in [6.45, 7) is 6.00. The summed E-state index contributed by atoms with van der Waals surface area (Å²) >= 11 is 0. The van der Waals surface area contributed by atoms with E-state index in [-0.39, 0.29) is 10.9 Å². The maximum Gasteiger partial charge on any atom is 0.243 e. The number of hydrogen-bond donors (Lipinski definition) is 0. The molecule has 0 unspecified atom stereocenters. The molecule has 20 heavy (non-hydrogen) atoms. The third-order valence-electron chi connectivity index (χ3n) is 3.71. The van der Waals surface area contributed by atoms with E-state index in [9.17, 15) is 17.2 Å². The van der Waals surface area contributed by atoms with Gasteiger partial charge in [-0.05, 0) is 44.2 Å². The summed E-state index contributed by atoms with van der Waals surface area (Å²) in [4.78, 5) is -0.322. The van der Waals surface area contributed by atoms with Gasteiger partial charge in [-0.2, -0.15) is 4.31 Å². The monoisotopic (exact) mass is 303 g/mol. The lowest BCUT2D eigenvalue weighted by Gasteiger charge is -2.26. The van der Waals surface area contributed by atoms with Gasteiger partial charge in [-0.15, -0.1) is 0 Å². The Hall–Kier alpha value is -1.01. The van der Waals surface area contributed by atoms with Gasteiger partial charge in [-0.1, -0.05) is 6.92 Å². The van der Waals surface area contributed by atoms with Crippen molar-refractivity contribution in [2.45, 2.75) is 38.1 Å². The van der Waals surface area contributed by atoms with Gasteiger partial charge in [-0.3, -0.25) is 0 Å². The minimum atomic E-state index is -3.87. The summed E-state index contributed by atoms with van der Waals surface area (Å²) in [6, 6.07) is 2.15. The third-order valence-corrected chi connectivity index (χ3v) is 5.73. The smallest absolute Gasteiger partial charge is 0.207 e. The number of nitrogens with zero attached hydrogens (tertiary/aromatic N) is 1. The molecule has 112 valence electrons. The Morgan fingerprint density at radius 1 is 1.25 bits per heavy atom. The quantitative estimate of drug-likeness (QED) is 0.838. The van der Waals surface area contributed by atoms with Crippen LogP contribution in [-0.2, 0) is 10.0 Å². The van der Waals surface area contributed by atoms with Crippen molar-refractivity contribution in [3.63, 3.8) is 0 Å². The summed E-state index contributed by atoms with van der Waals surface area (Å²) in [5.41, 5.74) is 0. The highest BCUT2D eigenvalue weighted by molar-refractivity contribution is 7.89. The Bertz CT molecular complexity index is 581. The van der Waals surface area contributed by atoms with Crippen molar-refractivity contribution < 1.29 is 17.2 Å². The van der Waals surface area contributed by atoms with E-state index in [0.717, 1.165) is 18.6 Å². The molecular weight excluding hydrogens is 284 g/mol. The van der Waals surface area contributed by atoms with Crippen molar-refractivity contribution in [3.05, 3.63) is 29.8 Å². The van der Waals surface area contributed by atoms with E-state index in [1.54, 1.807) is 13.8 Å². The van der Waals surface area contributed by atoms with Crippen molar-refractivity contribution in [1.29, 1.82) is 0 Å². The number of hydrogen-bond acceptors (Lipinski definition) is 2. The molecular formula is C14H19F2NO2S. The lowest BCUT2D eigenvalue weighted by atomic mass is 10.3. The minimum Gasteiger partial charge on any atom is -0.207 e. The highest BCUT2D eigenvalue weighted by Gasteiger charge is 2.38. The van der Waals surface area contributed by atoms with E-state index in [1.165, 1.54) is 4.31 Å². The Morgan fingerprint density at radius 2 is 1.75 bits per heavy atom. The van der Waals surface area contributed by atoms with Crippen LogP contribution in [-0.4, -0.2) is 25.3 Å². The topological polar surface area (TPSA) is 37.4 Å². The SMILES string of the molecule is CC(C)N(C[C@H]1C[C@H]1C)S(=O)(=O)c1cc(F)cc(F)c1. The van der Waals surface area contributed by atoms with Crippen molar-refractivity contribution in [3.8, 4) is 0 Å². The number of benzene rings is 1. The summed E-state index contributed by atoms with van der Waals surface area (Å²) < 4.78 is 52.9. The fraction of sp³-hybridized carbons (Fsp3) is 0.571. The van der Waals surface area contributed by atoms with E-state index in [1.807, 2.05) is 0 Å². The van der Waals surface area contributed by atoms with Crippen molar-refractivity contribution >= 4 is 10.0 Å². The summed E-state index contributed by atoms with van der Waals surface area (Å²) in [7, 11) is -3.87. The second-order valence-corrected chi connectivity index (χ2v) is 7.64. The molecule has 1 aliphatic rings. The first kappa shape index (κ1) is 15.4. The van der Waals surface area contributed by atoms with Gasteiger partial charge in [-0.25, -0.2) is 17.2 Å². The average Bonchev–Trinajstić information content (AvgIpc) is 3.00. The highest BCUT2D eigenvalue weighted by Crippen LogP contribution is 2.39. The fourth-order valence-electron chi connectivity index (χ4n) is 2.28. The summed E-state index contributed by atoms with van der Waals surface area (Å²) in [5, 5.41) is 0. The maximum atomic E-state index is 13.2. The molecule has 0 N–H and O–H groups in total. The predicted octanol–water partition coefficient (Wildman–Crippen LogP) is 3.02. The van der Waals surface area contributed by atoms with Crippen molar-refractivity contribution in [2.75, 3.05) is 6.54 Å². The van der Waals surface area contributed by atoms with Crippen LogP contribution in [0, 0.1) is 23.5 Å². The molecule has 0 aliphatic heterocycles. The summed E-state index contributed by atoms with van der Waals surface area (Å²) in [5.74, 6) is -0.916. The van der Waals surface area contributed by atoms with Gasteiger partial charge in [0.2, 0.25) is 10.0 Å². The maximum absolute atomic E-state index is 13.2. The van der Waals surface area contributed by atoms with Crippen LogP contribution in [0.5, 0.6) is 0 Å². The fourth-order valence-corrected chi connectivity index (χ4v) is 4.02. The second kappa shape index (κ2) is 5.41. The van der Waals surface area contributed by atoms with Crippen LogP contribution in [0.3, 0.4) is 0 Å². The first-order valence-corrected chi connectivity index (χ1v) is 8.13. The van der Waals surface area contributed by atoms with Crippen LogP contribution in [0.25, 0.3) is 0 Å². The minimum absolute atomic E-state index is 0.251. The Balaban J connectivity index is 2.34. The van der Waals surface area contributed by atoms with Gasteiger partial charge >= 0.3 is 0 Å². The van der Waals surface area contributed by atoms with Crippen molar-refractivity contribution in [1.82, 2.24) is 4.31 Å². The van der Waals surface area contributed by atoms with Gasteiger partial charge in [0.1, 0.15) is 11.6 Å². The van der Waals surface area contributed by atoms with E-state index >= 15 is 0 Å². The molecule has 0 bridgehead atoms. The number of rotatable bonds is 5. The molecule has 1 aliphatic carbocycles.